The minimum absolute atomic E-state index is 0.00340. The lowest BCUT2D eigenvalue weighted by molar-refractivity contribution is -0.179. The Labute approximate surface area is 118 Å². The van der Waals surface area contributed by atoms with Gasteiger partial charge in [0.1, 0.15) is 0 Å². The summed E-state index contributed by atoms with van der Waals surface area (Å²) in [6.07, 6.45) is -1.71. The normalized spacial score (nSPS) is 23.4. The van der Waals surface area contributed by atoms with Crippen molar-refractivity contribution in [1.29, 1.82) is 0 Å². The molecule has 0 bridgehead atoms. The van der Waals surface area contributed by atoms with Crippen molar-refractivity contribution in [1.82, 2.24) is 14.3 Å². The maximum absolute atomic E-state index is 12.9. The molecule has 0 aromatic carbocycles. The van der Waals surface area contributed by atoms with Gasteiger partial charge in [-0.3, -0.25) is 0 Å². The van der Waals surface area contributed by atoms with Gasteiger partial charge in [-0.2, -0.15) is 17.5 Å². The molecule has 2 aliphatic heterocycles. The van der Waals surface area contributed by atoms with Crippen LogP contribution in [0.15, 0.2) is 27.8 Å². The van der Waals surface area contributed by atoms with E-state index in [4.69, 9.17) is 0 Å². The molecule has 0 unspecified atom stereocenters. The zero-order chi connectivity index (χ0) is 15.3. The highest BCUT2D eigenvalue weighted by atomic mass is 32.2. The van der Waals surface area contributed by atoms with Crippen molar-refractivity contribution in [3.8, 4) is 0 Å². The van der Waals surface area contributed by atoms with Gasteiger partial charge in [-0.25, -0.2) is 13.4 Å². The Bertz CT molecular complexity index is 641. The molecule has 0 radical (unpaired) electrons. The second-order valence-electron chi connectivity index (χ2n) is 5.00. The van der Waals surface area contributed by atoms with E-state index in [0.717, 1.165) is 4.31 Å². The highest BCUT2D eigenvalue weighted by Gasteiger charge is 2.68. The molecule has 1 aromatic rings. The van der Waals surface area contributed by atoms with Gasteiger partial charge in [0.05, 0.1) is 0 Å². The third kappa shape index (κ3) is 2.24. The van der Waals surface area contributed by atoms with Crippen LogP contribution < -0.4 is 0 Å². The fourth-order valence-corrected chi connectivity index (χ4v) is 3.92. The first-order valence-electron chi connectivity index (χ1n) is 6.28. The number of nitrogens with zero attached hydrogens (tertiary/aromatic N) is 4. The maximum atomic E-state index is 12.9. The third-order valence-corrected chi connectivity index (χ3v) is 5.57. The van der Waals surface area contributed by atoms with E-state index in [2.05, 4.69) is 20.2 Å². The van der Waals surface area contributed by atoms with Crippen molar-refractivity contribution in [3.05, 3.63) is 12.4 Å². The summed E-state index contributed by atoms with van der Waals surface area (Å²) in [6, 6.07) is 0. The molecule has 1 N–H and O–H groups in total. The van der Waals surface area contributed by atoms with Gasteiger partial charge in [0.25, 0.3) is 15.7 Å². The van der Waals surface area contributed by atoms with Gasteiger partial charge in [-0.05, 0) is 12.8 Å². The fraction of sp³-hybridized carbons (Fsp3) is 0.700. The van der Waals surface area contributed by atoms with E-state index in [-0.39, 0.29) is 31.1 Å². The maximum Gasteiger partial charge on any atom is 0.437 e. The summed E-state index contributed by atoms with van der Waals surface area (Å²) >= 11 is 0. The van der Waals surface area contributed by atoms with Crippen molar-refractivity contribution in [2.45, 2.75) is 29.8 Å². The highest BCUT2D eigenvalue weighted by molar-refractivity contribution is 7.88. The molecule has 0 spiro atoms. The van der Waals surface area contributed by atoms with E-state index in [9.17, 15) is 21.6 Å². The van der Waals surface area contributed by atoms with Gasteiger partial charge in [-0.15, -0.1) is 10.2 Å². The molecule has 1 saturated heterocycles. The van der Waals surface area contributed by atoms with E-state index in [1.807, 2.05) is 0 Å². The van der Waals surface area contributed by atoms with Crippen molar-refractivity contribution in [2.75, 3.05) is 13.1 Å². The first kappa shape index (κ1) is 14.4. The molecule has 0 atom stereocenters. The average Bonchev–Trinajstić information content (AvgIpc) is 3.06. The number of aromatic nitrogens is 2. The number of alkyl halides is 3. The van der Waals surface area contributed by atoms with Crippen LogP contribution in [-0.4, -0.2) is 47.6 Å². The number of H-pyrrole nitrogens is 1. The molecular formula is C10H12F3N5O2S. The summed E-state index contributed by atoms with van der Waals surface area (Å²) in [6.45, 7) is -0.00681. The van der Waals surface area contributed by atoms with Crippen LogP contribution in [0.1, 0.15) is 12.8 Å². The molecule has 0 aliphatic carbocycles. The minimum Gasteiger partial charge on any atom is -0.334 e. The van der Waals surface area contributed by atoms with Gasteiger partial charge >= 0.3 is 6.18 Å². The number of imidazole rings is 1. The third-order valence-electron chi connectivity index (χ3n) is 3.81. The van der Waals surface area contributed by atoms with Crippen LogP contribution in [0, 0.1) is 5.92 Å². The number of sulfonamides is 1. The fourth-order valence-electron chi connectivity index (χ4n) is 2.57. The smallest absolute Gasteiger partial charge is 0.334 e. The van der Waals surface area contributed by atoms with E-state index in [0.29, 0.717) is 0 Å². The summed E-state index contributed by atoms with van der Waals surface area (Å²) < 4.78 is 64.2. The molecule has 1 aromatic heterocycles. The molecule has 11 heteroatoms. The standard InChI is InChI=1S/C10H12F3N5O2S/c11-10(12,13)9(16-17-9)7-1-5-18(6-2-7)21(19,20)8-14-3-4-15-8/h3-4,7H,1-2,5-6H2,(H,14,15). The molecule has 0 saturated carbocycles. The van der Waals surface area contributed by atoms with Gasteiger partial charge < -0.3 is 4.98 Å². The molecule has 1 fully saturated rings. The number of hydrogen-bond acceptors (Lipinski definition) is 5. The summed E-state index contributed by atoms with van der Waals surface area (Å²) in [4.78, 5) is 6.18. The minimum atomic E-state index is -4.51. The van der Waals surface area contributed by atoms with Crippen LogP contribution >= 0.6 is 0 Å². The SMILES string of the molecule is O=S(=O)(c1ncc[nH]1)N1CCC(C2(C(F)(F)F)N=N2)CC1. The summed E-state index contributed by atoms with van der Waals surface area (Å²) in [5.41, 5.74) is -2.31. The Morgan fingerprint density at radius 2 is 1.90 bits per heavy atom. The predicted octanol–water partition coefficient (Wildman–Crippen LogP) is 1.53. The Kier molecular flexibility index (Phi) is 3.10. The molecule has 2 aliphatic rings. The lowest BCUT2D eigenvalue weighted by Gasteiger charge is -2.33. The number of halogens is 3. The molecule has 3 heterocycles. The zero-order valence-corrected chi connectivity index (χ0v) is 11.5. The molecule has 7 nitrogen and oxygen atoms in total. The Balaban J connectivity index is 1.69. The van der Waals surface area contributed by atoms with E-state index >= 15 is 0 Å². The molecule has 116 valence electrons. The number of piperidine rings is 1. The highest BCUT2D eigenvalue weighted by Crippen LogP contribution is 2.52. The predicted molar refractivity (Wildman–Crippen MR) is 63.7 cm³/mol. The number of hydrogen-bond donors (Lipinski definition) is 1. The van der Waals surface area contributed by atoms with Crippen molar-refractivity contribution in [3.63, 3.8) is 0 Å². The largest absolute Gasteiger partial charge is 0.437 e. The summed E-state index contributed by atoms with van der Waals surface area (Å²) in [5, 5.41) is 6.16. The van der Waals surface area contributed by atoms with E-state index in [1.165, 1.54) is 12.4 Å². The van der Waals surface area contributed by atoms with Crippen LogP contribution in [0.5, 0.6) is 0 Å². The van der Waals surface area contributed by atoms with Gasteiger partial charge in [0.2, 0.25) is 5.16 Å². The first-order valence-corrected chi connectivity index (χ1v) is 7.72. The zero-order valence-electron chi connectivity index (χ0n) is 10.7. The van der Waals surface area contributed by atoms with E-state index < -0.39 is 27.8 Å². The monoisotopic (exact) mass is 323 g/mol. The molecule has 21 heavy (non-hydrogen) atoms. The van der Waals surface area contributed by atoms with Crippen LogP contribution in [0.4, 0.5) is 13.2 Å². The van der Waals surface area contributed by atoms with Crippen molar-refractivity contribution < 1.29 is 21.6 Å². The number of nitrogens with one attached hydrogen (secondary N) is 1. The Hall–Kier alpha value is -1.49. The Morgan fingerprint density at radius 1 is 1.29 bits per heavy atom. The quantitative estimate of drug-likeness (QED) is 0.914. The van der Waals surface area contributed by atoms with Crippen LogP contribution in [0.2, 0.25) is 0 Å². The molecule has 3 rings (SSSR count). The van der Waals surface area contributed by atoms with Crippen LogP contribution in [0.3, 0.4) is 0 Å². The molecule has 0 amide bonds. The van der Waals surface area contributed by atoms with Gasteiger partial charge in [0.15, 0.2) is 0 Å². The van der Waals surface area contributed by atoms with Crippen LogP contribution in [-0.2, 0) is 10.0 Å². The molecular weight excluding hydrogens is 311 g/mol. The lowest BCUT2D eigenvalue weighted by atomic mass is 9.87. The average molecular weight is 323 g/mol. The number of aromatic amines is 1. The topological polar surface area (TPSA) is 90.8 Å². The van der Waals surface area contributed by atoms with E-state index in [1.54, 1.807) is 0 Å². The van der Waals surface area contributed by atoms with Crippen molar-refractivity contribution in [2.24, 2.45) is 16.1 Å². The first-order chi connectivity index (χ1) is 9.77. The summed E-state index contributed by atoms with van der Waals surface area (Å²) in [7, 11) is -3.78. The number of rotatable bonds is 3. The van der Waals surface area contributed by atoms with Crippen molar-refractivity contribution >= 4 is 10.0 Å². The summed E-state index contributed by atoms with van der Waals surface area (Å²) in [5.74, 6) is -0.805. The van der Waals surface area contributed by atoms with Gasteiger partial charge in [0, 0.05) is 31.4 Å². The second kappa shape index (κ2) is 4.50. The lowest BCUT2D eigenvalue weighted by Crippen LogP contribution is -2.47. The second-order valence-corrected chi connectivity index (χ2v) is 6.85. The Morgan fingerprint density at radius 3 is 2.33 bits per heavy atom. The van der Waals surface area contributed by atoms with Gasteiger partial charge in [-0.1, -0.05) is 0 Å². The van der Waals surface area contributed by atoms with Crippen LogP contribution in [0.25, 0.3) is 0 Å².